The number of benzene rings is 3. The molecule has 0 aliphatic heterocycles. The van der Waals surface area contributed by atoms with Crippen LogP contribution in [-0.4, -0.2) is 62.7 Å². The Labute approximate surface area is 259 Å². The molecule has 8 heteroatoms. The Morgan fingerprint density at radius 1 is 0.690 bits per heavy atom. The quantitative estimate of drug-likeness (QED) is 0.159. The molecule has 0 radical (unpaired) electrons. The van der Waals surface area contributed by atoms with E-state index in [9.17, 15) is 9.59 Å². The SMILES string of the molecule is CCOC(=O)c1cc(-c2cccc3sc(S(C)(C)C)cc23)c(C(=O)OC)cc1-c1cccc2sc(S(C)(C)CC)cc12. The van der Waals surface area contributed by atoms with Gasteiger partial charge in [-0.1, -0.05) is 31.2 Å². The van der Waals surface area contributed by atoms with E-state index < -0.39 is 32.0 Å². The summed E-state index contributed by atoms with van der Waals surface area (Å²) >= 11 is 3.61. The van der Waals surface area contributed by atoms with Crippen molar-refractivity contribution in [2.24, 2.45) is 0 Å². The van der Waals surface area contributed by atoms with Gasteiger partial charge < -0.3 is 9.47 Å². The van der Waals surface area contributed by atoms with E-state index in [1.807, 2.05) is 54.7 Å². The second kappa shape index (κ2) is 11.7. The maximum absolute atomic E-state index is 13.6. The van der Waals surface area contributed by atoms with E-state index >= 15 is 0 Å². The second-order valence-corrected chi connectivity index (χ2v) is 22.3. The van der Waals surface area contributed by atoms with Crippen LogP contribution in [0.15, 0.2) is 69.1 Å². The average molecular weight is 639 g/mol. The van der Waals surface area contributed by atoms with Crippen molar-refractivity contribution < 1.29 is 19.1 Å². The summed E-state index contributed by atoms with van der Waals surface area (Å²) in [5.41, 5.74) is 4.02. The van der Waals surface area contributed by atoms with Crippen LogP contribution in [0.5, 0.6) is 0 Å². The first-order valence-corrected chi connectivity index (χ1v) is 20.9. The second-order valence-electron chi connectivity index (χ2n) is 11.4. The molecule has 3 aromatic carbocycles. The number of ether oxygens (including phenoxy) is 2. The molecule has 0 bridgehead atoms. The summed E-state index contributed by atoms with van der Waals surface area (Å²) in [5.74, 6) is 0.247. The van der Waals surface area contributed by atoms with Crippen LogP contribution in [0.2, 0.25) is 0 Å². The van der Waals surface area contributed by atoms with Crippen molar-refractivity contribution >= 4 is 74.8 Å². The van der Waals surface area contributed by atoms with Gasteiger partial charge in [-0.3, -0.25) is 0 Å². The highest BCUT2D eigenvalue weighted by molar-refractivity contribution is 8.33. The monoisotopic (exact) mass is 638 g/mol. The van der Waals surface area contributed by atoms with Crippen LogP contribution >= 0.6 is 42.7 Å². The van der Waals surface area contributed by atoms with Crippen molar-refractivity contribution in [3.63, 3.8) is 0 Å². The van der Waals surface area contributed by atoms with Crippen LogP contribution in [0.1, 0.15) is 34.6 Å². The molecule has 0 atom stereocenters. The molecule has 0 saturated heterocycles. The minimum absolute atomic E-state index is 0.255. The minimum atomic E-state index is -0.942. The van der Waals surface area contributed by atoms with Crippen LogP contribution < -0.4 is 0 Å². The number of hydrogen-bond donors (Lipinski definition) is 0. The van der Waals surface area contributed by atoms with Crippen molar-refractivity contribution in [2.45, 2.75) is 22.3 Å². The van der Waals surface area contributed by atoms with Crippen LogP contribution in [0.4, 0.5) is 0 Å². The zero-order valence-corrected chi connectivity index (χ0v) is 28.7. The van der Waals surface area contributed by atoms with Crippen LogP contribution in [-0.2, 0) is 9.47 Å². The van der Waals surface area contributed by atoms with E-state index in [1.54, 1.807) is 11.3 Å². The summed E-state index contributed by atoms with van der Waals surface area (Å²) in [4.78, 5) is 27.0. The van der Waals surface area contributed by atoms with Gasteiger partial charge in [0.2, 0.25) is 0 Å². The third kappa shape index (κ3) is 5.62. The number of hydrogen-bond acceptors (Lipinski definition) is 6. The number of carbonyl (C=O) groups is 2. The zero-order chi connectivity index (χ0) is 30.4. The van der Waals surface area contributed by atoms with Crippen molar-refractivity contribution in [2.75, 3.05) is 50.7 Å². The summed E-state index contributed by atoms with van der Waals surface area (Å²) in [7, 11) is -0.477. The van der Waals surface area contributed by atoms with Gasteiger partial charge >= 0.3 is 11.9 Å². The molecule has 0 aliphatic carbocycles. The van der Waals surface area contributed by atoms with Crippen molar-refractivity contribution in [3.05, 3.63) is 71.8 Å². The van der Waals surface area contributed by atoms with Gasteiger partial charge in [-0.05, 0) is 103 Å². The first-order valence-electron chi connectivity index (χ1n) is 13.8. The van der Waals surface area contributed by atoms with Gasteiger partial charge in [0.05, 0.1) is 24.8 Å². The van der Waals surface area contributed by atoms with E-state index in [4.69, 9.17) is 9.47 Å². The van der Waals surface area contributed by atoms with Crippen molar-refractivity contribution in [3.8, 4) is 22.3 Å². The lowest BCUT2D eigenvalue weighted by atomic mass is 9.88. The van der Waals surface area contributed by atoms with E-state index in [0.717, 1.165) is 37.1 Å². The molecule has 0 aliphatic rings. The molecule has 2 aromatic heterocycles. The molecule has 222 valence electrons. The molecule has 5 rings (SSSR count). The van der Waals surface area contributed by atoms with Crippen LogP contribution in [0.25, 0.3) is 42.4 Å². The van der Waals surface area contributed by atoms with Crippen LogP contribution in [0, 0.1) is 0 Å². The van der Waals surface area contributed by atoms with Gasteiger partial charge in [0.1, 0.15) is 0 Å². The Morgan fingerprint density at radius 2 is 1.19 bits per heavy atom. The first kappa shape index (κ1) is 30.7. The first-order chi connectivity index (χ1) is 19.9. The highest BCUT2D eigenvalue weighted by Gasteiger charge is 2.26. The molecular weight excluding hydrogens is 601 g/mol. The summed E-state index contributed by atoms with van der Waals surface area (Å²) in [5, 5.41) is 2.15. The van der Waals surface area contributed by atoms with Gasteiger partial charge in [-0.2, -0.15) is 0 Å². The van der Waals surface area contributed by atoms with E-state index in [-0.39, 0.29) is 6.61 Å². The molecular formula is C34H38O4S4. The Balaban J connectivity index is 1.83. The van der Waals surface area contributed by atoms with Gasteiger partial charge in [0.25, 0.3) is 0 Å². The van der Waals surface area contributed by atoms with Crippen LogP contribution in [0.3, 0.4) is 0 Å². The van der Waals surface area contributed by atoms with E-state index in [0.29, 0.717) is 22.3 Å². The number of carbonyl (C=O) groups excluding carboxylic acids is 2. The predicted molar refractivity (Wildman–Crippen MR) is 187 cm³/mol. The highest BCUT2D eigenvalue weighted by atomic mass is 32.3. The van der Waals surface area contributed by atoms with Gasteiger partial charge in [0, 0.05) is 28.6 Å². The molecule has 42 heavy (non-hydrogen) atoms. The lowest BCUT2D eigenvalue weighted by Gasteiger charge is -2.27. The lowest BCUT2D eigenvalue weighted by Crippen LogP contribution is -2.11. The normalized spacial score (nSPS) is 13.0. The lowest BCUT2D eigenvalue weighted by molar-refractivity contribution is 0.0525. The summed E-state index contributed by atoms with van der Waals surface area (Å²) < 4.78 is 15.9. The molecule has 0 unspecified atom stereocenters. The Hall–Kier alpha value is -2.78. The number of thiophene rings is 2. The molecule has 0 amide bonds. The van der Waals surface area contributed by atoms with E-state index in [1.165, 1.54) is 15.5 Å². The summed E-state index contributed by atoms with van der Waals surface area (Å²) in [6.07, 6.45) is 11.5. The predicted octanol–water partition coefficient (Wildman–Crippen LogP) is 9.91. The molecule has 0 N–H and O–H groups in total. The third-order valence-electron chi connectivity index (χ3n) is 7.59. The number of methoxy groups -OCH3 is 1. The fourth-order valence-electron chi connectivity index (χ4n) is 4.96. The highest BCUT2D eigenvalue weighted by Crippen LogP contribution is 2.55. The van der Waals surface area contributed by atoms with Gasteiger partial charge in [0.15, 0.2) is 0 Å². The molecule has 4 nitrogen and oxygen atoms in total. The zero-order valence-electron chi connectivity index (χ0n) is 25.5. The topological polar surface area (TPSA) is 52.6 Å². The third-order valence-corrected chi connectivity index (χ3v) is 16.7. The Kier molecular flexibility index (Phi) is 8.56. The van der Waals surface area contributed by atoms with Gasteiger partial charge in [-0.25, -0.2) is 29.6 Å². The van der Waals surface area contributed by atoms with E-state index in [2.05, 4.69) is 62.5 Å². The number of esters is 2. The Morgan fingerprint density at radius 3 is 1.67 bits per heavy atom. The van der Waals surface area contributed by atoms with Gasteiger partial charge in [-0.15, -0.1) is 22.7 Å². The standard InChI is InChI=1S/C34H38O4S4/c1-9-38-34(36)28-18-23(21-13-11-15-29-25(21)19-31(39-29)41(4,5)6)27(33(35)37-3)17-24(28)22-14-12-16-30-26(22)20-32(40-30)42(7,8)10-2/h11-20H,9-10H2,1-8H3. The fourth-order valence-corrected chi connectivity index (χ4v) is 10.6. The average Bonchev–Trinajstić information content (AvgIpc) is 3.61. The van der Waals surface area contributed by atoms with Crippen molar-refractivity contribution in [1.29, 1.82) is 0 Å². The number of rotatable bonds is 8. The minimum Gasteiger partial charge on any atom is -0.465 e. The maximum atomic E-state index is 13.6. The molecule has 0 fully saturated rings. The molecule has 0 spiro atoms. The molecule has 5 aromatic rings. The maximum Gasteiger partial charge on any atom is 0.338 e. The fraction of sp³-hybridized carbons (Fsp3) is 0.294. The molecule has 2 heterocycles. The smallest absolute Gasteiger partial charge is 0.338 e. The summed E-state index contributed by atoms with van der Waals surface area (Å²) in [6.45, 7) is 4.30. The van der Waals surface area contributed by atoms with Crippen molar-refractivity contribution in [1.82, 2.24) is 0 Å². The summed E-state index contributed by atoms with van der Waals surface area (Å²) in [6, 6.07) is 20.5. The molecule has 0 saturated carbocycles. The number of fused-ring (bicyclic) bond motifs is 2. The Bertz CT molecular complexity index is 1820. The largest absolute Gasteiger partial charge is 0.465 e.